The van der Waals surface area contributed by atoms with Gasteiger partial charge < -0.3 is 15.2 Å². The number of esters is 1. The minimum Gasteiger partial charge on any atom is -0.475 e. The van der Waals surface area contributed by atoms with Crippen LogP contribution in [0.3, 0.4) is 0 Å². The van der Waals surface area contributed by atoms with Gasteiger partial charge in [-0.05, 0) is 6.92 Å². The lowest BCUT2D eigenvalue weighted by Crippen LogP contribution is -2.37. The third-order valence-electron chi connectivity index (χ3n) is 2.26. The van der Waals surface area contributed by atoms with E-state index in [4.69, 9.17) is 10.5 Å². The van der Waals surface area contributed by atoms with E-state index in [1.54, 1.807) is 6.07 Å². The fraction of sp³-hybridized carbons (Fsp3) is 0.400. The highest BCUT2D eigenvalue weighted by Crippen LogP contribution is 2.12. The smallest absolute Gasteiger partial charge is 0.326 e. The maximum atomic E-state index is 11.1. The van der Waals surface area contributed by atoms with Crippen LogP contribution in [0, 0.1) is 6.92 Å². The van der Waals surface area contributed by atoms with Crippen molar-refractivity contribution in [2.24, 2.45) is 5.73 Å². The van der Waals surface area contributed by atoms with Crippen LogP contribution in [-0.2, 0) is 9.53 Å². The van der Waals surface area contributed by atoms with Crippen LogP contribution in [0.25, 0.3) is 5.78 Å². The maximum absolute atomic E-state index is 11.1. The number of carbonyl (C=O) groups excluding carboxylic acids is 1. The number of nitrogens with two attached hydrogens (primary N) is 1. The number of methoxy groups -OCH3 is 1. The molecule has 0 bridgehead atoms. The SMILES string of the molecule is COC(=O)C(N)COc1cc(C)nc2ncnn12. The highest BCUT2D eigenvalue weighted by Gasteiger charge is 2.15. The maximum Gasteiger partial charge on any atom is 0.326 e. The van der Waals surface area contributed by atoms with Gasteiger partial charge in [0.2, 0.25) is 5.88 Å². The van der Waals surface area contributed by atoms with Crippen molar-refractivity contribution >= 4 is 11.7 Å². The summed E-state index contributed by atoms with van der Waals surface area (Å²) in [5.74, 6) is 0.321. The Balaban J connectivity index is 2.16. The van der Waals surface area contributed by atoms with Gasteiger partial charge in [0.15, 0.2) is 0 Å². The quantitative estimate of drug-likeness (QED) is 0.717. The van der Waals surface area contributed by atoms with Crippen molar-refractivity contribution in [2.75, 3.05) is 13.7 Å². The minimum absolute atomic E-state index is 0.00884. The van der Waals surface area contributed by atoms with E-state index in [-0.39, 0.29) is 6.61 Å². The molecule has 0 aliphatic carbocycles. The first-order chi connectivity index (χ1) is 8.61. The van der Waals surface area contributed by atoms with E-state index in [1.807, 2.05) is 6.92 Å². The van der Waals surface area contributed by atoms with Crippen molar-refractivity contribution in [3.05, 3.63) is 18.1 Å². The Labute approximate surface area is 103 Å². The summed E-state index contributed by atoms with van der Waals surface area (Å²) in [5, 5.41) is 3.96. The number of aromatic nitrogens is 4. The molecule has 2 heterocycles. The molecule has 0 aromatic carbocycles. The highest BCUT2D eigenvalue weighted by atomic mass is 16.5. The summed E-state index contributed by atoms with van der Waals surface area (Å²) in [6, 6.07) is 0.841. The average Bonchev–Trinajstić information content (AvgIpc) is 2.82. The molecule has 2 aromatic heterocycles. The van der Waals surface area contributed by atoms with Gasteiger partial charge in [0, 0.05) is 11.8 Å². The number of rotatable bonds is 4. The Bertz CT molecular complexity index is 568. The van der Waals surface area contributed by atoms with Crippen LogP contribution < -0.4 is 10.5 Å². The molecule has 0 saturated heterocycles. The first kappa shape index (κ1) is 12.2. The second-order valence-corrected chi connectivity index (χ2v) is 3.65. The van der Waals surface area contributed by atoms with Crippen molar-refractivity contribution in [1.82, 2.24) is 19.6 Å². The van der Waals surface area contributed by atoms with Gasteiger partial charge in [0.1, 0.15) is 19.0 Å². The highest BCUT2D eigenvalue weighted by molar-refractivity contribution is 5.75. The summed E-state index contributed by atoms with van der Waals surface area (Å²) in [6.45, 7) is 1.80. The molecular weight excluding hydrogens is 238 g/mol. The van der Waals surface area contributed by atoms with Gasteiger partial charge in [-0.25, -0.2) is 4.98 Å². The monoisotopic (exact) mass is 251 g/mol. The van der Waals surface area contributed by atoms with Crippen molar-refractivity contribution in [2.45, 2.75) is 13.0 Å². The molecule has 1 atom stereocenters. The second-order valence-electron chi connectivity index (χ2n) is 3.65. The lowest BCUT2D eigenvalue weighted by Gasteiger charge is -2.11. The van der Waals surface area contributed by atoms with Gasteiger partial charge in [0.25, 0.3) is 5.78 Å². The minimum atomic E-state index is -0.845. The Kier molecular flexibility index (Phi) is 3.38. The Morgan fingerprint density at radius 3 is 3.11 bits per heavy atom. The zero-order chi connectivity index (χ0) is 13.1. The van der Waals surface area contributed by atoms with Gasteiger partial charge in [0.05, 0.1) is 7.11 Å². The van der Waals surface area contributed by atoms with Crippen LogP contribution >= 0.6 is 0 Å². The molecule has 2 N–H and O–H groups in total. The molecule has 96 valence electrons. The summed E-state index contributed by atoms with van der Waals surface area (Å²) in [4.78, 5) is 19.3. The Morgan fingerprint density at radius 1 is 1.61 bits per heavy atom. The Morgan fingerprint density at radius 2 is 2.39 bits per heavy atom. The van der Waals surface area contributed by atoms with Crippen LogP contribution in [0.5, 0.6) is 5.88 Å². The van der Waals surface area contributed by atoms with E-state index in [2.05, 4.69) is 19.8 Å². The number of hydrogen-bond acceptors (Lipinski definition) is 7. The third-order valence-corrected chi connectivity index (χ3v) is 2.26. The summed E-state index contributed by atoms with van der Waals surface area (Å²) < 4.78 is 11.4. The molecule has 2 aromatic rings. The van der Waals surface area contributed by atoms with Gasteiger partial charge in [-0.3, -0.25) is 4.79 Å². The van der Waals surface area contributed by atoms with Crippen molar-refractivity contribution in [3.63, 3.8) is 0 Å². The van der Waals surface area contributed by atoms with Crippen LogP contribution in [0.1, 0.15) is 5.69 Å². The van der Waals surface area contributed by atoms with Crippen molar-refractivity contribution in [1.29, 1.82) is 0 Å². The molecule has 0 spiro atoms. The summed E-state index contributed by atoms with van der Waals surface area (Å²) in [6.07, 6.45) is 1.37. The molecule has 1 unspecified atom stereocenters. The molecule has 8 heteroatoms. The van der Waals surface area contributed by atoms with E-state index in [9.17, 15) is 4.79 Å². The van der Waals surface area contributed by atoms with E-state index >= 15 is 0 Å². The molecule has 0 fully saturated rings. The fourth-order valence-electron chi connectivity index (χ4n) is 1.39. The van der Waals surface area contributed by atoms with E-state index in [0.29, 0.717) is 11.7 Å². The molecule has 0 amide bonds. The fourth-order valence-corrected chi connectivity index (χ4v) is 1.39. The summed E-state index contributed by atoms with van der Waals surface area (Å²) in [5.41, 5.74) is 6.31. The van der Waals surface area contributed by atoms with E-state index < -0.39 is 12.0 Å². The number of aryl methyl sites for hydroxylation is 1. The number of fused-ring (bicyclic) bond motifs is 1. The number of ether oxygens (including phenoxy) is 2. The van der Waals surface area contributed by atoms with E-state index in [0.717, 1.165) is 5.69 Å². The third kappa shape index (κ3) is 2.38. The normalized spacial score (nSPS) is 12.4. The number of nitrogens with zero attached hydrogens (tertiary/aromatic N) is 4. The van der Waals surface area contributed by atoms with Gasteiger partial charge >= 0.3 is 5.97 Å². The lowest BCUT2D eigenvalue weighted by atomic mass is 10.3. The van der Waals surface area contributed by atoms with Crippen LogP contribution in [0.2, 0.25) is 0 Å². The Hall–Kier alpha value is -2.22. The lowest BCUT2D eigenvalue weighted by molar-refractivity contribution is -0.142. The van der Waals surface area contributed by atoms with Gasteiger partial charge in [-0.15, -0.1) is 0 Å². The molecule has 8 nitrogen and oxygen atoms in total. The predicted molar refractivity (Wildman–Crippen MR) is 61.0 cm³/mol. The average molecular weight is 251 g/mol. The first-order valence-electron chi connectivity index (χ1n) is 5.25. The topological polar surface area (TPSA) is 105 Å². The molecule has 0 aliphatic rings. The van der Waals surface area contributed by atoms with Gasteiger partial charge in [-0.2, -0.15) is 14.6 Å². The molecule has 0 saturated carbocycles. The summed E-state index contributed by atoms with van der Waals surface area (Å²) >= 11 is 0. The zero-order valence-electron chi connectivity index (χ0n) is 10.0. The number of hydrogen-bond donors (Lipinski definition) is 1. The molecule has 18 heavy (non-hydrogen) atoms. The molecule has 2 rings (SSSR count). The predicted octanol–water partition coefficient (Wildman–Crippen LogP) is -0.688. The van der Waals surface area contributed by atoms with Crippen LogP contribution in [0.15, 0.2) is 12.4 Å². The molecule has 0 aliphatic heterocycles. The standard InChI is InChI=1S/C10H13N5O3/c1-6-3-8(15-10(14-6)12-5-13-15)18-4-7(11)9(16)17-2/h3,5,7H,4,11H2,1-2H3. The first-order valence-corrected chi connectivity index (χ1v) is 5.25. The number of carbonyl (C=O) groups is 1. The second kappa shape index (κ2) is 4.96. The zero-order valence-corrected chi connectivity index (χ0v) is 10.0. The van der Waals surface area contributed by atoms with Crippen LogP contribution in [-0.4, -0.2) is 45.3 Å². The van der Waals surface area contributed by atoms with Crippen molar-refractivity contribution in [3.8, 4) is 5.88 Å². The molecular formula is C10H13N5O3. The van der Waals surface area contributed by atoms with E-state index in [1.165, 1.54) is 18.0 Å². The van der Waals surface area contributed by atoms with Crippen molar-refractivity contribution < 1.29 is 14.3 Å². The van der Waals surface area contributed by atoms with Gasteiger partial charge in [-0.1, -0.05) is 0 Å². The largest absolute Gasteiger partial charge is 0.475 e. The van der Waals surface area contributed by atoms with Crippen LogP contribution in [0.4, 0.5) is 0 Å². The molecule has 0 radical (unpaired) electrons. The summed E-state index contributed by atoms with van der Waals surface area (Å²) in [7, 11) is 1.27.